The first-order chi connectivity index (χ1) is 30.7. The summed E-state index contributed by atoms with van der Waals surface area (Å²) in [5.74, 6) is -4.54. The van der Waals surface area contributed by atoms with Crippen molar-refractivity contribution in [3.05, 3.63) is 57.4 Å². The number of ketones is 1. The molecule has 66 heavy (non-hydrogen) atoms. The number of carbonyl (C=O) groups is 6. The van der Waals surface area contributed by atoms with Crippen LogP contribution in [0.4, 0.5) is 14.0 Å². The Morgan fingerprint density at radius 1 is 0.939 bits per heavy atom. The number of urea groups is 1. The van der Waals surface area contributed by atoms with E-state index in [4.69, 9.17) is 39.9 Å². The summed E-state index contributed by atoms with van der Waals surface area (Å²) < 4.78 is 51.3. The quantitative estimate of drug-likeness (QED) is 0.112. The van der Waals surface area contributed by atoms with E-state index < -0.39 is 82.9 Å². The fraction of sp³-hybridized carbons (Fsp3) is 0.617. The number of rotatable bonds is 14. The van der Waals surface area contributed by atoms with Crippen molar-refractivity contribution in [2.45, 2.75) is 130 Å². The van der Waals surface area contributed by atoms with Gasteiger partial charge in [-0.2, -0.15) is 0 Å². The third kappa shape index (κ3) is 10.3. The minimum atomic E-state index is -1.50. The molecule has 1 unspecified atom stereocenters. The number of nitrogens with one attached hydrogen (secondary N) is 2. The predicted molar refractivity (Wildman–Crippen MR) is 242 cm³/mol. The molecule has 2 aromatic rings. The van der Waals surface area contributed by atoms with E-state index in [1.807, 2.05) is 6.92 Å². The molecule has 19 heteroatoms. The van der Waals surface area contributed by atoms with Crippen LogP contribution in [0.3, 0.4) is 0 Å². The maximum absolute atomic E-state index is 15.5. The van der Waals surface area contributed by atoms with Crippen molar-refractivity contribution in [1.82, 2.24) is 20.4 Å². The fourth-order valence-corrected chi connectivity index (χ4v) is 10.3. The number of benzene rings is 2. The lowest BCUT2D eigenvalue weighted by Gasteiger charge is -2.64. The Morgan fingerprint density at radius 3 is 2.23 bits per heavy atom. The molecule has 2 bridgehead atoms. The molecular weight excluding hydrogens is 878 g/mol. The molecule has 3 saturated carbocycles. The van der Waals surface area contributed by atoms with Crippen LogP contribution in [0.5, 0.6) is 11.5 Å². The molecule has 7 rings (SSSR count). The number of methoxy groups -OCH3 is 2. The van der Waals surface area contributed by atoms with Gasteiger partial charge in [0.2, 0.25) is 0 Å². The third-order valence-corrected chi connectivity index (χ3v) is 13.7. The summed E-state index contributed by atoms with van der Waals surface area (Å²) in [7, 11) is 1.75. The molecule has 2 aliphatic heterocycles. The number of carbonyl (C=O) groups excluding carboxylic acids is 6. The summed E-state index contributed by atoms with van der Waals surface area (Å²) in [6.07, 6.45) is 0.397. The molecular formula is C47H63BClFN4O12. The van der Waals surface area contributed by atoms with Gasteiger partial charge in [0.25, 0.3) is 0 Å². The number of nitrogens with zero attached hydrogens (tertiary/aromatic N) is 2. The van der Waals surface area contributed by atoms with Crippen molar-refractivity contribution >= 4 is 54.4 Å². The highest BCUT2D eigenvalue weighted by Gasteiger charge is 2.68. The zero-order valence-corrected chi connectivity index (χ0v) is 40.7. The molecule has 0 aromatic heterocycles. The highest BCUT2D eigenvalue weighted by Crippen LogP contribution is 2.66. The summed E-state index contributed by atoms with van der Waals surface area (Å²) in [6.45, 7) is 18.1. The lowest BCUT2D eigenvalue weighted by Crippen LogP contribution is -2.65. The molecule has 3 aliphatic carbocycles. The first-order valence-electron chi connectivity index (χ1n) is 22.4. The number of aryl methyl sites for hydroxylation is 1. The Labute approximate surface area is 391 Å². The van der Waals surface area contributed by atoms with Crippen LogP contribution in [0.1, 0.15) is 115 Å². The number of alkyl carbamates (subject to hydrolysis) is 1. The van der Waals surface area contributed by atoms with Crippen LogP contribution in [0.25, 0.3) is 0 Å². The summed E-state index contributed by atoms with van der Waals surface area (Å²) >= 11 is 6.93. The number of amides is 5. The Morgan fingerprint density at radius 2 is 1.61 bits per heavy atom. The van der Waals surface area contributed by atoms with E-state index in [1.165, 1.54) is 25.2 Å². The van der Waals surface area contributed by atoms with Gasteiger partial charge in [-0.3, -0.25) is 19.3 Å². The maximum atomic E-state index is 15.5. The Bertz CT molecular complexity index is 2260. The Balaban J connectivity index is 1.31. The molecule has 6 atom stereocenters. The van der Waals surface area contributed by atoms with Crippen LogP contribution >= 0.6 is 11.6 Å². The van der Waals surface area contributed by atoms with Gasteiger partial charge in [-0.1, -0.05) is 43.6 Å². The van der Waals surface area contributed by atoms with Crippen molar-refractivity contribution in [1.29, 1.82) is 0 Å². The molecule has 2 saturated heterocycles. The van der Waals surface area contributed by atoms with E-state index in [0.29, 0.717) is 17.0 Å². The van der Waals surface area contributed by atoms with Crippen molar-refractivity contribution in [2.24, 2.45) is 17.3 Å². The molecule has 0 radical (unpaired) electrons. The monoisotopic (exact) mass is 940 g/mol. The van der Waals surface area contributed by atoms with Crippen molar-refractivity contribution in [2.75, 3.05) is 40.4 Å². The molecule has 5 fully saturated rings. The van der Waals surface area contributed by atoms with Crippen molar-refractivity contribution < 1.29 is 61.4 Å². The molecule has 2 aromatic carbocycles. The first-order valence-corrected chi connectivity index (χ1v) is 22.7. The molecule has 2 N–H and O–H groups in total. The second-order valence-electron chi connectivity index (χ2n) is 20.5. The predicted octanol–water partition coefficient (Wildman–Crippen LogP) is 7.01. The summed E-state index contributed by atoms with van der Waals surface area (Å²) in [5, 5.41) is 5.28. The van der Waals surface area contributed by atoms with Gasteiger partial charge in [-0.05, 0) is 109 Å². The zero-order chi connectivity index (χ0) is 48.8. The van der Waals surface area contributed by atoms with Crippen LogP contribution in [0.2, 0.25) is 10.8 Å². The second-order valence-corrected chi connectivity index (χ2v) is 20.8. The number of halogens is 2. The van der Waals surface area contributed by atoms with Crippen molar-refractivity contribution in [3.8, 4) is 11.5 Å². The van der Waals surface area contributed by atoms with E-state index in [1.54, 1.807) is 60.6 Å². The van der Waals surface area contributed by atoms with Crippen LogP contribution in [0, 0.1) is 30.0 Å². The summed E-state index contributed by atoms with van der Waals surface area (Å²) in [5.41, 5.74) is -1.62. The van der Waals surface area contributed by atoms with E-state index in [9.17, 15) is 24.0 Å². The van der Waals surface area contributed by atoms with Gasteiger partial charge >= 0.3 is 37.0 Å². The van der Waals surface area contributed by atoms with Crippen LogP contribution in [0.15, 0.2) is 24.3 Å². The Kier molecular flexibility index (Phi) is 14.5. The normalized spacial score (nSPS) is 23.3. The van der Waals surface area contributed by atoms with Crippen LogP contribution in [-0.4, -0.2) is 116 Å². The number of hydrogen-bond acceptors (Lipinski definition) is 12. The smallest absolute Gasteiger partial charge is 0.461 e. The summed E-state index contributed by atoms with van der Waals surface area (Å²) in [6, 6.07) is 3.33. The van der Waals surface area contributed by atoms with E-state index in [0.717, 1.165) is 23.8 Å². The number of piperazine rings is 1. The van der Waals surface area contributed by atoms with E-state index in [-0.39, 0.29) is 78.5 Å². The van der Waals surface area contributed by atoms with Gasteiger partial charge in [-0.15, -0.1) is 0 Å². The second kappa shape index (κ2) is 19.0. The highest BCUT2D eigenvalue weighted by molar-refractivity contribution is 6.48. The summed E-state index contributed by atoms with van der Waals surface area (Å²) in [4.78, 5) is 83.6. The van der Waals surface area contributed by atoms with Crippen molar-refractivity contribution in [3.63, 3.8) is 0 Å². The minimum absolute atomic E-state index is 0.00475. The zero-order valence-electron chi connectivity index (χ0n) is 40.0. The van der Waals surface area contributed by atoms with Gasteiger partial charge in [0.05, 0.1) is 30.9 Å². The molecule has 360 valence electrons. The topological polar surface area (TPSA) is 188 Å². The minimum Gasteiger partial charge on any atom is -0.495 e. The first kappa shape index (κ1) is 50.5. The molecule has 5 aliphatic rings. The van der Waals surface area contributed by atoms with Gasteiger partial charge in [0.1, 0.15) is 40.1 Å². The molecule has 5 amide bonds. The number of esters is 1. The SMILES string of the molecule is COc1c(C)ccc(C(NC(=O)N2CCN(CCNC(=O)OC(C)(C)C)C(=O)C2=O)C(=O)C[C@@H](Cc2ccc(F)c(C(=O)OC(C)(C)C)c2OC)B2O[C@@H]3C[C@@H]4C[C@@H](C4(C)C)[C@]3(C)O2)c1Cl. The number of ether oxygens (including phenoxy) is 4. The molecule has 2 heterocycles. The van der Waals surface area contributed by atoms with E-state index >= 15 is 9.18 Å². The number of hydrogen-bond donors (Lipinski definition) is 2. The lowest BCUT2D eigenvalue weighted by molar-refractivity contribution is -0.199. The number of imide groups is 1. The fourth-order valence-electron chi connectivity index (χ4n) is 9.90. The Hall–Kier alpha value is -4.94. The number of Topliss-reactive ketones (excluding diaryl/α,β-unsaturated/α-hetero) is 1. The standard InChI is InChI=1S/C47H63BClFN4O12/c1-25-13-15-29(35(49)37(25)61-11)36(52-42(59)54-20-19-53(39(56)40(54)57)18-17-51-43(60)64-45(5,6)7)31(55)24-28(48-65-33-23-27-22-32(46(27,8)9)47(33,10)66-48)21-26-14-16-30(50)34(38(26)62-12)41(58)63-44(2,3)4/h13-16,27-28,32-33,36H,17-24H2,1-12H3,(H,51,60)(H,52,59)/t27-,28+,32-,33+,36?,47-/m0/s1. The average molecular weight is 941 g/mol. The molecule has 0 spiro atoms. The maximum Gasteiger partial charge on any atom is 0.461 e. The highest BCUT2D eigenvalue weighted by atomic mass is 35.5. The lowest BCUT2D eigenvalue weighted by atomic mass is 9.43. The van der Waals surface area contributed by atoms with Gasteiger partial charge in [0.15, 0.2) is 5.78 Å². The van der Waals surface area contributed by atoms with Crippen LogP contribution < -0.4 is 20.1 Å². The molecule has 16 nitrogen and oxygen atoms in total. The van der Waals surface area contributed by atoms with Gasteiger partial charge in [0, 0.05) is 44.0 Å². The van der Waals surface area contributed by atoms with Crippen LogP contribution in [-0.2, 0) is 39.6 Å². The van der Waals surface area contributed by atoms with E-state index in [2.05, 4.69) is 24.5 Å². The van der Waals surface area contributed by atoms with Gasteiger partial charge < -0.3 is 43.8 Å². The largest absolute Gasteiger partial charge is 0.495 e. The third-order valence-electron chi connectivity index (χ3n) is 13.3. The average Bonchev–Trinajstić information content (AvgIpc) is 3.58. The van der Waals surface area contributed by atoms with Gasteiger partial charge in [-0.25, -0.2) is 18.8 Å².